The van der Waals surface area contributed by atoms with Gasteiger partial charge in [0.15, 0.2) is 0 Å². The highest BCUT2D eigenvalue weighted by atomic mass is 35.5. The average molecular weight is 309 g/mol. The van der Waals surface area contributed by atoms with E-state index in [0.29, 0.717) is 17.2 Å². The van der Waals surface area contributed by atoms with E-state index >= 15 is 0 Å². The Hall–Kier alpha value is -1.62. The molecule has 112 valence electrons. The molecule has 3 N–H and O–H groups in total. The lowest BCUT2D eigenvalue weighted by Gasteiger charge is -2.18. The van der Waals surface area contributed by atoms with Crippen LogP contribution < -0.4 is 16.0 Å². The highest BCUT2D eigenvalue weighted by molar-refractivity contribution is 6.30. The first-order valence-electron chi connectivity index (χ1n) is 6.79. The van der Waals surface area contributed by atoms with Crippen molar-refractivity contribution in [2.75, 3.05) is 6.61 Å². The predicted molar refractivity (Wildman–Crippen MR) is 82.8 cm³/mol. The van der Waals surface area contributed by atoms with Crippen LogP contribution in [0.5, 0.6) is 5.75 Å². The Bertz CT molecular complexity index is 589. The van der Waals surface area contributed by atoms with E-state index in [1.165, 1.54) is 12.1 Å². The zero-order valence-corrected chi connectivity index (χ0v) is 12.5. The minimum Gasteiger partial charge on any atom is -0.494 e. The van der Waals surface area contributed by atoms with Crippen LogP contribution in [0.2, 0.25) is 5.02 Å². The number of nitrogens with one attached hydrogen (secondary N) is 1. The fourth-order valence-electron chi connectivity index (χ4n) is 2.08. The van der Waals surface area contributed by atoms with E-state index in [2.05, 4.69) is 5.43 Å². The molecule has 0 amide bonds. The number of ether oxygens (including phenoxy) is 1. The molecule has 21 heavy (non-hydrogen) atoms. The van der Waals surface area contributed by atoms with Crippen molar-refractivity contribution in [2.45, 2.75) is 19.4 Å². The number of hydrogen-bond donors (Lipinski definition) is 2. The summed E-state index contributed by atoms with van der Waals surface area (Å²) in [6.45, 7) is 2.71. The van der Waals surface area contributed by atoms with Crippen LogP contribution in [-0.2, 0) is 0 Å². The minimum atomic E-state index is -0.469. The van der Waals surface area contributed by atoms with Gasteiger partial charge in [-0.3, -0.25) is 5.84 Å². The van der Waals surface area contributed by atoms with Gasteiger partial charge in [0.05, 0.1) is 12.6 Å². The topological polar surface area (TPSA) is 47.3 Å². The van der Waals surface area contributed by atoms with Crippen LogP contribution in [0, 0.1) is 5.82 Å². The van der Waals surface area contributed by atoms with Crippen molar-refractivity contribution in [3.8, 4) is 5.75 Å². The van der Waals surface area contributed by atoms with E-state index in [9.17, 15) is 4.39 Å². The van der Waals surface area contributed by atoms with Crippen LogP contribution in [0.1, 0.15) is 30.5 Å². The number of hydrogen-bond acceptors (Lipinski definition) is 3. The highest BCUT2D eigenvalue weighted by Gasteiger charge is 2.17. The summed E-state index contributed by atoms with van der Waals surface area (Å²) in [5.74, 6) is 6.01. The largest absolute Gasteiger partial charge is 0.494 e. The van der Waals surface area contributed by atoms with Crippen LogP contribution >= 0.6 is 11.6 Å². The van der Waals surface area contributed by atoms with Crippen LogP contribution in [-0.4, -0.2) is 6.61 Å². The molecule has 0 saturated carbocycles. The molecule has 1 unspecified atom stereocenters. The quantitative estimate of drug-likeness (QED) is 0.630. The second-order valence-corrected chi connectivity index (χ2v) is 5.12. The van der Waals surface area contributed by atoms with Crippen molar-refractivity contribution in [2.24, 2.45) is 5.84 Å². The smallest absolute Gasteiger partial charge is 0.128 e. The average Bonchev–Trinajstić information content (AvgIpc) is 2.50. The van der Waals surface area contributed by atoms with Crippen molar-refractivity contribution >= 4 is 11.6 Å². The summed E-state index contributed by atoms with van der Waals surface area (Å²) in [6, 6.07) is 11.4. The van der Waals surface area contributed by atoms with Gasteiger partial charge in [-0.05, 0) is 42.3 Å². The minimum absolute atomic E-state index is 0.353. The fourth-order valence-corrected chi connectivity index (χ4v) is 2.26. The Morgan fingerprint density at radius 2 is 1.95 bits per heavy atom. The van der Waals surface area contributed by atoms with Crippen LogP contribution in [0.3, 0.4) is 0 Å². The van der Waals surface area contributed by atoms with Gasteiger partial charge in [-0.15, -0.1) is 0 Å². The van der Waals surface area contributed by atoms with Gasteiger partial charge in [-0.1, -0.05) is 30.7 Å². The Morgan fingerprint density at radius 1 is 1.24 bits per heavy atom. The SMILES string of the molecule is CCCOc1ccc(C(NN)c2cc(Cl)ccc2F)cc1. The van der Waals surface area contributed by atoms with Crippen LogP contribution in [0.25, 0.3) is 0 Å². The van der Waals surface area contributed by atoms with Gasteiger partial charge in [0.2, 0.25) is 0 Å². The van der Waals surface area contributed by atoms with Crippen molar-refractivity contribution < 1.29 is 9.13 Å². The second kappa shape index (κ2) is 7.41. The van der Waals surface area contributed by atoms with Crippen molar-refractivity contribution in [3.63, 3.8) is 0 Å². The standard InChI is InChI=1S/C16H18ClFN2O/c1-2-9-21-13-6-3-11(4-7-13)16(20-19)14-10-12(17)5-8-15(14)18/h3-8,10,16,20H,2,9,19H2,1H3. The summed E-state index contributed by atoms with van der Waals surface area (Å²) in [5.41, 5.74) is 3.87. The summed E-state index contributed by atoms with van der Waals surface area (Å²) >= 11 is 5.93. The van der Waals surface area contributed by atoms with Crippen LogP contribution in [0.15, 0.2) is 42.5 Å². The number of hydrazine groups is 1. The zero-order chi connectivity index (χ0) is 15.2. The Labute approximate surface area is 128 Å². The van der Waals surface area contributed by atoms with Crippen LogP contribution in [0.4, 0.5) is 4.39 Å². The molecule has 0 aliphatic rings. The highest BCUT2D eigenvalue weighted by Crippen LogP contribution is 2.27. The molecule has 2 aromatic rings. The lowest BCUT2D eigenvalue weighted by molar-refractivity contribution is 0.317. The number of rotatable bonds is 6. The number of halogens is 2. The second-order valence-electron chi connectivity index (χ2n) is 4.68. The lowest BCUT2D eigenvalue weighted by atomic mass is 9.99. The van der Waals surface area contributed by atoms with Gasteiger partial charge in [0.1, 0.15) is 11.6 Å². The van der Waals surface area contributed by atoms with Gasteiger partial charge in [-0.25, -0.2) is 9.82 Å². The Kier molecular flexibility index (Phi) is 5.56. The first-order chi connectivity index (χ1) is 10.2. The van der Waals surface area contributed by atoms with Gasteiger partial charge in [0.25, 0.3) is 0 Å². The molecule has 0 aliphatic carbocycles. The summed E-state index contributed by atoms with van der Waals surface area (Å²) in [6.07, 6.45) is 0.947. The Morgan fingerprint density at radius 3 is 2.57 bits per heavy atom. The molecule has 5 heteroatoms. The third-order valence-corrected chi connectivity index (χ3v) is 3.36. The molecular weight excluding hydrogens is 291 g/mol. The molecule has 2 aromatic carbocycles. The third kappa shape index (κ3) is 3.94. The van der Waals surface area contributed by atoms with Crippen molar-refractivity contribution in [1.29, 1.82) is 0 Å². The summed E-state index contributed by atoms with van der Waals surface area (Å²) < 4.78 is 19.5. The molecular formula is C16H18ClFN2O. The normalized spacial score (nSPS) is 12.2. The number of nitrogens with two attached hydrogens (primary N) is 1. The molecule has 0 radical (unpaired) electrons. The monoisotopic (exact) mass is 308 g/mol. The third-order valence-electron chi connectivity index (χ3n) is 3.12. The molecule has 1 atom stereocenters. The molecule has 3 nitrogen and oxygen atoms in total. The molecule has 0 aliphatic heterocycles. The molecule has 0 fully saturated rings. The zero-order valence-electron chi connectivity index (χ0n) is 11.8. The van der Waals surface area contributed by atoms with Gasteiger partial charge in [-0.2, -0.15) is 0 Å². The van der Waals surface area contributed by atoms with E-state index in [1.807, 2.05) is 31.2 Å². The van der Waals surface area contributed by atoms with Crippen molar-refractivity contribution in [3.05, 3.63) is 64.4 Å². The fraction of sp³-hybridized carbons (Fsp3) is 0.250. The molecule has 0 aromatic heterocycles. The predicted octanol–water partition coefficient (Wildman–Crippen LogP) is 3.82. The summed E-state index contributed by atoms with van der Waals surface area (Å²) in [5, 5.41) is 0.467. The van der Waals surface area contributed by atoms with E-state index in [1.54, 1.807) is 6.07 Å². The first kappa shape index (κ1) is 15.8. The molecule has 0 spiro atoms. The van der Waals surface area contributed by atoms with E-state index in [-0.39, 0.29) is 5.82 Å². The molecule has 0 bridgehead atoms. The summed E-state index contributed by atoms with van der Waals surface area (Å²) in [7, 11) is 0. The summed E-state index contributed by atoms with van der Waals surface area (Å²) in [4.78, 5) is 0. The lowest BCUT2D eigenvalue weighted by Crippen LogP contribution is -2.29. The molecule has 0 heterocycles. The van der Waals surface area contributed by atoms with E-state index in [4.69, 9.17) is 22.2 Å². The van der Waals surface area contributed by atoms with Gasteiger partial charge >= 0.3 is 0 Å². The van der Waals surface area contributed by atoms with Gasteiger partial charge < -0.3 is 4.74 Å². The molecule has 2 rings (SSSR count). The Balaban J connectivity index is 2.26. The maximum Gasteiger partial charge on any atom is 0.128 e. The maximum atomic E-state index is 14.0. The maximum absolute atomic E-state index is 14.0. The number of benzene rings is 2. The van der Waals surface area contributed by atoms with Crippen molar-refractivity contribution in [1.82, 2.24) is 5.43 Å². The first-order valence-corrected chi connectivity index (χ1v) is 7.17. The van der Waals surface area contributed by atoms with E-state index in [0.717, 1.165) is 17.7 Å². The van der Waals surface area contributed by atoms with E-state index < -0.39 is 6.04 Å². The van der Waals surface area contributed by atoms with Gasteiger partial charge in [0, 0.05) is 10.6 Å². The molecule has 0 saturated heterocycles.